The third-order valence-electron chi connectivity index (χ3n) is 3.50. The zero-order chi connectivity index (χ0) is 15.6. The van der Waals surface area contributed by atoms with E-state index in [0.717, 1.165) is 12.6 Å². The van der Waals surface area contributed by atoms with Crippen molar-refractivity contribution in [2.75, 3.05) is 25.4 Å². The predicted molar refractivity (Wildman–Crippen MR) is 84.0 cm³/mol. The van der Waals surface area contributed by atoms with E-state index in [2.05, 4.69) is 32.5 Å². The summed E-state index contributed by atoms with van der Waals surface area (Å²) >= 11 is 2.97. The average Bonchev–Trinajstić information content (AvgIpc) is 3.23. The predicted octanol–water partition coefficient (Wildman–Crippen LogP) is 1.93. The minimum absolute atomic E-state index is 0.0743. The minimum atomic E-state index is -3.74. The number of rotatable bonds is 7. The fourth-order valence-corrected chi connectivity index (χ4v) is 3.87. The quantitative estimate of drug-likeness (QED) is 0.709. The summed E-state index contributed by atoms with van der Waals surface area (Å²) in [6, 6.07) is 2.77. The van der Waals surface area contributed by atoms with Crippen LogP contribution in [-0.4, -0.2) is 39.0 Å². The van der Waals surface area contributed by atoms with Crippen LogP contribution in [0, 0.1) is 5.82 Å². The molecule has 0 heterocycles. The molecule has 0 aliphatic heterocycles. The highest BCUT2D eigenvalue weighted by molar-refractivity contribution is 9.10. The van der Waals surface area contributed by atoms with Crippen LogP contribution in [0.15, 0.2) is 21.5 Å². The van der Waals surface area contributed by atoms with E-state index >= 15 is 0 Å². The van der Waals surface area contributed by atoms with Crippen molar-refractivity contribution in [1.82, 2.24) is 9.62 Å². The largest absolute Gasteiger partial charge is 0.398 e. The lowest BCUT2D eigenvalue weighted by Crippen LogP contribution is -2.36. The van der Waals surface area contributed by atoms with Gasteiger partial charge in [0, 0.05) is 19.1 Å². The topological polar surface area (TPSA) is 75.4 Å². The Labute approximate surface area is 132 Å². The smallest absolute Gasteiger partial charge is 0.242 e. The van der Waals surface area contributed by atoms with E-state index in [1.807, 2.05) is 0 Å². The van der Waals surface area contributed by atoms with Crippen LogP contribution in [0.2, 0.25) is 0 Å². The Balaban J connectivity index is 2.03. The van der Waals surface area contributed by atoms with Crippen LogP contribution >= 0.6 is 15.9 Å². The normalized spacial score (nSPS) is 15.6. The molecule has 1 aliphatic rings. The highest BCUT2D eigenvalue weighted by atomic mass is 79.9. The van der Waals surface area contributed by atoms with E-state index in [1.165, 1.54) is 18.9 Å². The lowest BCUT2D eigenvalue weighted by Gasteiger charge is -2.20. The number of nitrogens with one attached hydrogen (secondary N) is 1. The van der Waals surface area contributed by atoms with E-state index < -0.39 is 15.8 Å². The molecule has 21 heavy (non-hydrogen) atoms. The molecule has 1 aromatic carbocycles. The summed E-state index contributed by atoms with van der Waals surface area (Å²) in [6.45, 7) is 3.92. The van der Waals surface area contributed by atoms with Gasteiger partial charge in [0.15, 0.2) is 0 Å². The second kappa shape index (κ2) is 6.60. The third-order valence-corrected chi connectivity index (χ3v) is 5.63. The first-order chi connectivity index (χ1) is 9.85. The Morgan fingerprint density at radius 3 is 2.71 bits per heavy atom. The van der Waals surface area contributed by atoms with Crippen molar-refractivity contribution >= 4 is 31.6 Å². The molecule has 0 unspecified atom stereocenters. The highest BCUT2D eigenvalue weighted by Gasteiger charge is 2.27. The fraction of sp³-hybridized carbons (Fsp3) is 0.538. The Kier molecular flexibility index (Phi) is 5.24. The maximum Gasteiger partial charge on any atom is 0.242 e. The Morgan fingerprint density at radius 2 is 2.14 bits per heavy atom. The molecule has 8 heteroatoms. The van der Waals surface area contributed by atoms with Gasteiger partial charge in [0.25, 0.3) is 0 Å². The van der Waals surface area contributed by atoms with Crippen molar-refractivity contribution in [2.45, 2.75) is 30.7 Å². The first kappa shape index (κ1) is 16.7. The summed E-state index contributed by atoms with van der Waals surface area (Å²) in [6.07, 6.45) is 2.36. The van der Waals surface area contributed by atoms with Crippen LogP contribution in [0.25, 0.3) is 0 Å². The standard InChI is InChI=1S/C13H19BrFN3O2S/c1-2-18(9-3-4-9)6-5-17-21(19,20)13-7-10(14)11(15)8-12(13)16/h7-9,17H,2-6,16H2,1H3. The second-order valence-electron chi connectivity index (χ2n) is 5.06. The molecule has 1 aromatic rings. The molecule has 0 radical (unpaired) electrons. The average molecular weight is 380 g/mol. The molecule has 118 valence electrons. The fourth-order valence-electron chi connectivity index (χ4n) is 2.22. The first-order valence-corrected chi connectivity index (χ1v) is 9.11. The molecule has 0 atom stereocenters. The summed E-state index contributed by atoms with van der Waals surface area (Å²) < 4.78 is 40.3. The Morgan fingerprint density at radius 1 is 1.48 bits per heavy atom. The molecule has 2 rings (SSSR count). The lowest BCUT2D eigenvalue weighted by atomic mass is 10.3. The van der Waals surface area contributed by atoms with E-state index in [4.69, 9.17) is 5.73 Å². The molecule has 1 saturated carbocycles. The number of nitrogen functional groups attached to an aromatic ring is 1. The van der Waals surface area contributed by atoms with Crippen molar-refractivity contribution in [3.05, 3.63) is 22.4 Å². The van der Waals surface area contributed by atoms with Gasteiger partial charge in [-0.05, 0) is 47.4 Å². The van der Waals surface area contributed by atoms with Gasteiger partial charge >= 0.3 is 0 Å². The minimum Gasteiger partial charge on any atom is -0.398 e. The molecule has 3 N–H and O–H groups in total. The van der Waals surface area contributed by atoms with Crippen LogP contribution in [0.5, 0.6) is 0 Å². The van der Waals surface area contributed by atoms with Crippen LogP contribution in [0.1, 0.15) is 19.8 Å². The number of nitrogens with two attached hydrogens (primary N) is 1. The molecule has 0 amide bonds. The zero-order valence-electron chi connectivity index (χ0n) is 11.8. The molecular formula is C13H19BrFN3O2S. The van der Waals surface area contributed by atoms with E-state index in [0.29, 0.717) is 19.1 Å². The molecule has 5 nitrogen and oxygen atoms in total. The third kappa shape index (κ3) is 4.15. The van der Waals surface area contributed by atoms with Gasteiger partial charge < -0.3 is 5.73 Å². The second-order valence-corrected chi connectivity index (χ2v) is 7.65. The van der Waals surface area contributed by atoms with Crippen molar-refractivity contribution < 1.29 is 12.8 Å². The van der Waals surface area contributed by atoms with Gasteiger partial charge in [0.1, 0.15) is 10.7 Å². The number of benzene rings is 1. The van der Waals surface area contributed by atoms with Gasteiger partial charge in [0.2, 0.25) is 10.0 Å². The first-order valence-electron chi connectivity index (χ1n) is 6.83. The SMILES string of the molecule is CCN(CCNS(=O)(=O)c1cc(Br)c(F)cc1N)C1CC1. The summed E-state index contributed by atoms with van der Waals surface area (Å²) in [4.78, 5) is 2.14. The summed E-state index contributed by atoms with van der Waals surface area (Å²) in [5.74, 6) is -0.586. The van der Waals surface area contributed by atoms with Gasteiger partial charge in [-0.25, -0.2) is 17.5 Å². The van der Waals surface area contributed by atoms with Crippen molar-refractivity contribution in [1.29, 1.82) is 0 Å². The highest BCUT2D eigenvalue weighted by Crippen LogP contribution is 2.27. The van der Waals surface area contributed by atoms with Gasteiger partial charge in [-0.3, -0.25) is 4.90 Å². The maximum atomic E-state index is 13.3. The monoisotopic (exact) mass is 379 g/mol. The molecule has 0 aromatic heterocycles. The number of halogens is 2. The van der Waals surface area contributed by atoms with Crippen LogP contribution in [0.4, 0.5) is 10.1 Å². The number of nitrogens with zero attached hydrogens (tertiary/aromatic N) is 1. The molecular weight excluding hydrogens is 361 g/mol. The van der Waals surface area contributed by atoms with Gasteiger partial charge in [-0.2, -0.15) is 0 Å². The number of hydrogen-bond donors (Lipinski definition) is 2. The van der Waals surface area contributed by atoms with Gasteiger partial charge in [-0.15, -0.1) is 0 Å². The van der Waals surface area contributed by atoms with Crippen LogP contribution in [0.3, 0.4) is 0 Å². The number of hydrogen-bond acceptors (Lipinski definition) is 4. The van der Waals surface area contributed by atoms with Crippen molar-refractivity contribution in [3.8, 4) is 0 Å². The summed E-state index contributed by atoms with van der Waals surface area (Å²) in [5.41, 5.74) is 5.50. The maximum absolute atomic E-state index is 13.3. The van der Waals surface area contributed by atoms with Gasteiger partial charge in [0.05, 0.1) is 10.2 Å². The van der Waals surface area contributed by atoms with Crippen molar-refractivity contribution in [3.63, 3.8) is 0 Å². The lowest BCUT2D eigenvalue weighted by molar-refractivity contribution is 0.282. The molecule has 1 fully saturated rings. The van der Waals surface area contributed by atoms with Crippen LogP contribution < -0.4 is 10.5 Å². The van der Waals surface area contributed by atoms with Crippen LogP contribution in [-0.2, 0) is 10.0 Å². The van der Waals surface area contributed by atoms with Gasteiger partial charge in [-0.1, -0.05) is 6.92 Å². The Hall–Kier alpha value is -0.700. The molecule has 0 spiro atoms. The Bertz CT molecular complexity index is 620. The van der Waals surface area contributed by atoms with Crippen molar-refractivity contribution in [2.24, 2.45) is 0 Å². The molecule has 1 aliphatic carbocycles. The number of sulfonamides is 1. The number of likely N-dealkylation sites (N-methyl/N-ethyl adjacent to an activating group) is 1. The van der Waals surface area contributed by atoms with E-state index in [-0.39, 0.29) is 15.1 Å². The zero-order valence-corrected chi connectivity index (χ0v) is 14.2. The summed E-state index contributed by atoms with van der Waals surface area (Å²) in [7, 11) is -3.74. The molecule has 0 saturated heterocycles. The summed E-state index contributed by atoms with van der Waals surface area (Å²) in [5, 5.41) is 0. The van der Waals surface area contributed by atoms with E-state index in [9.17, 15) is 12.8 Å². The number of anilines is 1. The van der Waals surface area contributed by atoms with E-state index in [1.54, 1.807) is 0 Å². The molecule has 0 bridgehead atoms.